The Balaban J connectivity index is 1.45. The van der Waals surface area contributed by atoms with Crippen LogP contribution in [0.5, 0.6) is 17.2 Å². The monoisotopic (exact) mass is 413 g/mol. The number of para-hydroxylation sites is 1. The second-order valence-electron chi connectivity index (χ2n) is 6.13. The van der Waals surface area contributed by atoms with Gasteiger partial charge in [0.1, 0.15) is 10.8 Å². The van der Waals surface area contributed by atoms with Crippen molar-refractivity contribution >= 4 is 17.3 Å². The Labute approximate surface area is 174 Å². The van der Waals surface area contributed by atoms with Gasteiger partial charge >= 0.3 is 5.97 Å². The standard InChI is InChI=1S/C22H23NO5S/c1-25-19-10-9-16(13-20(19)26-2)22-23-17(15-29-22)14-21(24)28-12-6-11-27-18-7-4-3-5-8-18/h3-5,7-10,13,15H,6,11-12,14H2,1-2H3. The van der Waals surface area contributed by atoms with E-state index in [4.69, 9.17) is 18.9 Å². The molecule has 7 heteroatoms. The second kappa shape index (κ2) is 10.5. The number of esters is 1. The van der Waals surface area contributed by atoms with Crippen molar-refractivity contribution in [2.75, 3.05) is 27.4 Å². The molecule has 0 amide bonds. The van der Waals surface area contributed by atoms with Crippen molar-refractivity contribution in [3.63, 3.8) is 0 Å². The molecule has 1 aromatic heterocycles. The maximum absolute atomic E-state index is 12.0. The summed E-state index contributed by atoms with van der Waals surface area (Å²) in [5, 5.41) is 2.68. The van der Waals surface area contributed by atoms with Gasteiger partial charge in [0.2, 0.25) is 0 Å². The predicted octanol–water partition coefficient (Wildman–Crippen LogP) is 4.38. The molecule has 3 rings (SSSR count). The average Bonchev–Trinajstić information content (AvgIpc) is 3.22. The highest BCUT2D eigenvalue weighted by Gasteiger charge is 2.12. The minimum Gasteiger partial charge on any atom is -0.493 e. The Hall–Kier alpha value is -3.06. The quantitative estimate of drug-likeness (QED) is 0.363. The zero-order valence-electron chi connectivity index (χ0n) is 16.4. The molecule has 0 unspecified atom stereocenters. The van der Waals surface area contributed by atoms with Crippen molar-refractivity contribution in [1.29, 1.82) is 0 Å². The minimum atomic E-state index is -0.297. The number of methoxy groups -OCH3 is 2. The normalized spacial score (nSPS) is 10.4. The molecule has 0 radical (unpaired) electrons. The van der Waals surface area contributed by atoms with Gasteiger partial charge in [-0.15, -0.1) is 11.3 Å². The lowest BCUT2D eigenvalue weighted by Gasteiger charge is -2.08. The summed E-state index contributed by atoms with van der Waals surface area (Å²) in [6.45, 7) is 0.815. The van der Waals surface area contributed by atoms with E-state index in [1.165, 1.54) is 11.3 Å². The molecule has 3 aromatic rings. The smallest absolute Gasteiger partial charge is 0.311 e. The fourth-order valence-corrected chi connectivity index (χ4v) is 3.46. The summed E-state index contributed by atoms with van der Waals surface area (Å²) >= 11 is 1.47. The number of thiazole rings is 1. The number of rotatable bonds is 10. The number of ether oxygens (including phenoxy) is 4. The highest BCUT2D eigenvalue weighted by Crippen LogP contribution is 2.33. The van der Waals surface area contributed by atoms with Gasteiger partial charge in [-0.05, 0) is 30.3 Å². The summed E-state index contributed by atoms with van der Waals surface area (Å²) in [5.74, 6) is 1.81. The number of hydrogen-bond donors (Lipinski definition) is 0. The van der Waals surface area contributed by atoms with E-state index in [2.05, 4.69) is 4.98 Å². The molecular formula is C22H23NO5S. The van der Waals surface area contributed by atoms with Crippen LogP contribution in [0.4, 0.5) is 0 Å². The Kier molecular flexibility index (Phi) is 7.47. The lowest BCUT2D eigenvalue weighted by molar-refractivity contribution is -0.143. The molecule has 0 aliphatic rings. The second-order valence-corrected chi connectivity index (χ2v) is 6.98. The van der Waals surface area contributed by atoms with E-state index in [0.29, 0.717) is 36.8 Å². The molecule has 1 heterocycles. The molecule has 6 nitrogen and oxygen atoms in total. The van der Waals surface area contributed by atoms with Crippen LogP contribution in [-0.4, -0.2) is 38.4 Å². The van der Waals surface area contributed by atoms with Crippen molar-refractivity contribution in [3.8, 4) is 27.8 Å². The van der Waals surface area contributed by atoms with Crippen LogP contribution in [0.2, 0.25) is 0 Å². The topological polar surface area (TPSA) is 66.9 Å². The minimum absolute atomic E-state index is 0.142. The highest BCUT2D eigenvalue weighted by atomic mass is 32.1. The maximum Gasteiger partial charge on any atom is 0.311 e. The zero-order chi connectivity index (χ0) is 20.5. The van der Waals surface area contributed by atoms with Gasteiger partial charge in [0, 0.05) is 17.4 Å². The third-order valence-corrected chi connectivity index (χ3v) is 5.01. The molecule has 0 bridgehead atoms. The van der Waals surface area contributed by atoms with E-state index >= 15 is 0 Å². The fourth-order valence-electron chi connectivity index (χ4n) is 2.64. The number of benzene rings is 2. The molecular weight excluding hydrogens is 390 g/mol. The van der Waals surface area contributed by atoms with Crippen molar-refractivity contribution in [2.45, 2.75) is 12.8 Å². The summed E-state index contributed by atoms with van der Waals surface area (Å²) < 4.78 is 21.4. The molecule has 0 aliphatic heterocycles. The molecule has 0 N–H and O–H groups in total. The van der Waals surface area contributed by atoms with Crippen LogP contribution in [0.15, 0.2) is 53.9 Å². The summed E-state index contributed by atoms with van der Waals surface area (Å²) in [7, 11) is 3.19. The van der Waals surface area contributed by atoms with Crippen LogP contribution in [-0.2, 0) is 16.0 Å². The third kappa shape index (κ3) is 5.96. The first-order chi connectivity index (χ1) is 14.2. The SMILES string of the molecule is COc1ccc(-c2nc(CC(=O)OCCCOc3ccccc3)cs2)cc1OC. The van der Waals surface area contributed by atoms with Crippen LogP contribution in [0, 0.1) is 0 Å². The summed E-state index contributed by atoms with van der Waals surface area (Å²) in [6, 6.07) is 15.2. The van der Waals surface area contributed by atoms with E-state index in [-0.39, 0.29) is 12.4 Å². The number of hydrogen-bond acceptors (Lipinski definition) is 7. The first-order valence-corrected chi connectivity index (χ1v) is 10.1. The molecule has 29 heavy (non-hydrogen) atoms. The van der Waals surface area contributed by atoms with Crippen LogP contribution in [0.3, 0.4) is 0 Å². The molecule has 0 atom stereocenters. The molecule has 0 aliphatic carbocycles. The van der Waals surface area contributed by atoms with Gasteiger partial charge in [-0.2, -0.15) is 0 Å². The zero-order valence-corrected chi connectivity index (χ0v) is 17.2. The fraction of sp³-hybridized carbons (Fsp3) is 0.273. The largest absolute Gasteiger partial charge is 0.493 e. The summed E-state index contributed by atoms with van der Waals surface area (Å²) in [5.41, 5.74) is 1.59. The number of carbonyl (C=O) groups excluding carboxylic acids is 1. The molecule has 0 fully saturated rings. The van der Waals surface area contributed by atoms with Crippen molar-refractivity contribution in [1.82, 2.24) is 4.98 Å². The number of nitrogens with zero attached hydrogens (tertiary/aromatic N) is 1. The molecule has 0 saturated carbocycles. The predicted molar refractivity (Wildman–Crippen MR) is 112 cm³/mol. The Morgan fingerprint density at radius 3 is 2.55 bits per heavy atom. The Morgan fingerprint density at radius 1 is 1.00 bits per heavy atom. The first kappa shape index (κ1) is 20.7. The highest BCUT2D eigenvalue weighted by molar-refractivity contribution is 7.13. The van der Waals surface area contributed by atoms with Crippen LogP contribution < -0.4 is 14.2 Å². The van der Waals surface area contributed by atoms with Gasteiger partial charge in [-0.25, -0.2) is 4.98 Å². The van der Waals surface area contributed by atoms with Gasteiger partial charge in [-0.3, -0.25) is 4.79 Å². The van der Waals surface area contributed by atoms with E-state index in [1.54, 1.807) is 14.2 Å². The van der Waals surface area contributed by atoms with Crippen molar-refractivity contribution in [3.05, 3.63) is 59.6 Å². The van der Waals surface area contributed by atoms with E-state index < -0.39 is 0 Å². The molecule has 0 saturated heterocycles. The molecule has 2 aromatic carbocycles. The summed E-state index contributed by atoms with van der Waals surface area (Å²) in [4.78, 5) is 16.6. The number of aromatic nitrogens is 1. The lowest BCUT2D eigenvalue weighted by atomic mass is 10.2. The lowest BCUT2D eigenvalue weighted by Crippen LogP contribution is -2.11. The van der Waals surface area contributed by atoms with E-state index in [1.807, 2.05) is 53.9 Å². The van der Waals surface area contributed by atoms with E-state index in [0.717, 1.165) is 16.3 Å². The van der Waals surface area contributed by atoms with Gasteiger partial charge in [-0.1, -0.05) is 18.2 Å². The van der Waals surface area contributed by atoms with Gasteiger partial charge in [0.25, 0.3) is 0 Å². The van der Waals surface area contributed by atoms with Crippen LogP contribution >= 0.6 is 11.3 Å². The van der Waals surface area contributed by atoms with E-state index in [9.17, 15) is 4.79 Å². The van der Waals surface area contributed by atoms with Gasteiger partial charge in [0.15, 0.2) is 11.5 Å². The maximum atomic E-state index is 12.0. The Morgan fingerprint density at radius 2 is 1.79 bits per heavy atom. The average molecular weight is 413 g/mol. The Bertz CT molecular complexity index is 926. The van der Waals surface area contributed by atoms with Gasteiger partial charge in [0.05, 0.1) is 39.5 Å². The van der Waals surface area contributed by atoms with Crippen LogP contribution in [0.1, 0.15) is 12.1 Å². The van der Waals surface area contributed by atoms with Gasteiger partial charge < -0.3 is 18.9 Å². The van der Waals surface area contributed by atoms with Crippen LogP contribution in [0.25, 0.3) is 10.6 Å². The number of carbonyl (C=O) groups is 1. The summed E-state index contributed by atoms with van der Waals surface area (Å²) in [6.07, 6.45) is 0.776. The first-order valence-electron chi connectivity index (χ1n) is 9.20. The molecule has 0 spiro atoms. The van der Waals surface area contributed by atoms with Crippen molar-refractivity contribution < 1.29 is 23.7 Å². The molecule has 152 valence electrons. The third-order valence-electron chi connectivity index (χ3n) is 4.07. The van der Waals surface area contributed by atoms with Crippen molar-refractivity contribution in [2.24, 2.45) is 0 Å².